The van der Waals surface area contributed by atoms with Crippen molar-refractivity contribution in [2.45, 2.75) is 19.5 Å². The Balaban J connectivity index is 2.07. The van der Waals surface area contributed by atoms with Crippen LogP contribution in [-0.2, 0) is 20.1 Å². The third-order valence-corrected chi connectivity index (χ3v) is 2.99. The van der Waals surface area contributed by atoms with E-state index in [9.17, 15) is 13.2 Å². The predicted octanol–water partition coefficient (Wildman–Crippen LogP) is 2.95. The first-order valence-corrected chi connectivity index (χ1v) is 6.32. The van der Waals surface area contributed by atoms with Crippen molar-refractivity contribution in [3.8, 4) is 5.75 Å². The number of imidazole rings is 1. The van der Waals surface area contributed by atoms with Gasteiger partial charge in [0.05, 0.1) is 12.0 Å². The van der Waals surface area contributed by atoms with E-state index in [2.05, 4.69) is 9.72 Å². The molecule has 21 heavy (non-hydrogen) atoms. The van der Waals surface area contributed by atoms with Gasteiger partial charge in [0.2, 0.25) is 0 Å². The number of nitrogens with zero attached hydrogens (tertiary/aromatic N) is 3. The Bertz CT molecular complexity index is 595. The van der Waals surface area contributed by atoms with Crippen LogP contribution >= 0.6 is 0 Å². The Morgan fingerprint density at radius 2 is 1.95 bits per heavy atom. The van der Waals surface area contributed by atoms with Crippen LogP contribution in [0.2, 0.25) is 0 Å². The van der Waals surface area contributed by atoms with Crippen molar-refractivity contribution in [3.05, 3.63) is 48.0 Å². The smallest absolute Gasteiger partial charge is 0.405 e. The lowest BCUT2D eigenvalue weighted by molar-refractivity contribution is -0.275. The van der Waals surface area contributed by atoms with Gasteiger partial charge in [-0.3, -0.25) is 4.90 Å². The number of aryl methyl sites for hydroxylation is 1. The highest BCUT2D eigenvalue weighted by Crippen LogP contribution is 2.27. The van der Waals surface area contributed by atoms with Gasteiger partial charge in [0.1, 0.15) is 5.75 Å². The van der Waals surface area contributed by atoms with Gasteiger partial charge in [-0.15, -0.1) is 13.2 Å². The van der Waals surface area contributed by atoms with Crippen molar-refractivity contribution >= 4 is 0 Å². The monoisotopic (exact) mass is 299 g/mol. The predicted molar refractivity (Wildman–Crippen MR) is 71.5 cm³/mol. The van der Waals surface area contributed by atoms with Crippen molar-refractivity contribution in [2.24, 2.45) is 7.05 Å². The first kappa shape index (κ1) is 15.4. The second-order valence-electron chi connectivity index (χ2n) is 4.82. The lowest BCUT2D eigenvalue weighted by atomic mass is 10.2. The second-order valence-corrected chi connectivity index (χ2v) is 4.82. The molecule has 0 aliphatic rings. The SMILES string of the molecule is CN(Cc1ccccc1OC(F)(F)F)Cc1cncn1C. The first-order chi connectivity index (χ1) is 9.85. The fraction of sp³-hybridized carbons (Fsp3) is 0.357. The minimum Gasteiger partial charge on any atom is -0.405 e. The summed E-state index contributed by atoms with van der Waals surface area (Å²) in [6.45, 7) is 0.925. The van der Waals surface area contributed by atoms with Gasteiger partial charge in [-0.25, -0.2) is 4.98 Å². The average Bonchev–Trinajstić information content (AvgIpc) is 2.76. The average molecular weight is 299 g/mol. The van der Waals surface area contributed by atoms with Gasteiger partial charge in [-0.1, -0.05) is 18.2 Å². The molecular weight excluding hydrogens is 283 g/mol. The molecule has 2 aromatic rings. The molecule has 1 aromatic heterocycles. The van der Waals surface area contributed by atoms with E-state index in [4.69, 9.17) is 0 Å². The van der Waals surface area contributed by atoms with E-state index in [1.165, 1.54) is 12.1 Å². The second kappa shape index (κ2) is 6.17. The summed E-state index contributed by atoms with van der Waals surface area (Å²) >= 11 is 0. The molecular formula is C14H16F3N3O. The molecule has 0 fully saturated rings. The summed E-state index contributed by atoms with van der Waals surface area (Å²) < 4.78 is 43.0. The van der Waals surface area contributed by atoms with Crippen molar-refractivity contribution in [3.63, 3.8) is 0 Å². The third-order valence-electron chi connectivity index (χ3n) is 2.99. The van der Waals surface area contributed by atoms with E-state index in [1.54, 1.807) is 24.7 Å². The first-order valence-electron chi connectivity index (χ1n) is 6.32. The standard InChI is InChI=1S/C14H16F3N3O/c1-19(9-12-7-18-10-20(12)2)8-11-5-3-4-6-13(11)21-14(15,16)17/h3-7,10H,8-9H2,1-2H3. The number of halogens is 3. The summed E-state index contributed by atoms with van der Waals surface area (Å²) in [4.78, 5) is 5.91. The molecule has 0 aliphatic heterocycles. The van der Waals surface area contributed by atoms with Crippen LogP contribution in [0.25, 0.3) is 0 Å². The Morgan fingerprint density at radius 1 is 1.24 bits per heavy atom. The summed E-state index contributed by atoms with van der Waals surface area (Å²) in [5, 5.41) is 0. The van der Waals surface area contributed by atoms with E-state index < -0.39 is 6.36 Å². The Kier molecular flexibility index (Phi) is 4.52. The van der Waals surface area contributed by atoms with Crippen LogP contribution in [0.15, 0.2) is 36.8 Å². The number of hydrogen-bond acceptors (Lipinski definition) is 3. The van der Waals surface area contributed by atoms with Crippen LogP contribution in [0.1, 0.15) is 11.3 Å². The zero-order valence-electron chi connectivity index (χ0n) is 11.8. The molecule has 4 nitrogen and oxygen atoms in total. The minimum atomic E-state index is -4.68. The zero-order valence-corrected chi connectivity index (χ0v) is 11.8. The molecule has 0 aliphatic carbocycles. The van der Waals surface area contributed by atoms with Crippen LogP contribution < -0.4 is 4.74 Å². The molecule has 0 atom stereocenters. The molecule has 0 saturated carbocycles. The molecule has 1 heterocycles. The van der Waals surface area contributed by atoms with Crippen molar-refractivity contribution in [1.29, 1.82) is 0 Å². The van der Waals surface area contributed by atoms with Crippen LogP contribution in [0.4, 0.5) is 13.2 Å². The summed E-state index contributed by atoms with van der Waals surface area (Å²) in [5.41, 5.74) is 1.46. The number of aromatic nitrogens is 2. The number of hydrogen-bond donors (Lipinski definition) is 0. The zero-order chi connectivity index (χ0) is 15.5. The van der Waals surface area contributed by atoms with E-state index >= 15 is 0 Å². The molecule has 2 rings (SSSR count). The lowest BCUT2D eigenvalue weighted by Crippen LogP contribution is -2.22. The van der Waals surface area contributed by atoms with Gasteiger partial charge in [0, 0.05) is 31.9 Å². The Labute approximate surface area is 120 Å². The molecule has 0 bridgehead atoms. The van der Waals surface area contributed by atoms with Crippen molar-refractivity contribution in [1.82, 2.24) is 14.5 Å². The maximum Gasteiger partial charge on any atom is 0.573 e. The Morgan fingerprint density at radius 3 is 2.57 bits per heavy atom. The van der Waals surface area contributed by atoms with E-state index in [-0.39, 0.29) is 5.75 Å². The number of rotatable bonds is 5. The van der Waals surface area contributed by atoms with Crippen molar-refractivity contribution < 1.29 is 17.9 Å². The van der Waals surface area contributed by atoms with E-state index in [1.807, 2.05) is 23.6 Å². The van der Waals surface area contributed by atoms with Gasteiger partial charge >= 0.3 is 6.36 Å². The highest BCUT2D eigenvalue weighted by molar-refractivity contribution is 5.33. The molecule has 7 heteroatoms. The summed E-state index contributed by atoms with van der Waals surface area (Å²) in [6.07, 6.45) is -1.27. The molecule has 0 spiro atoms. The Hall–Kier alpha value is -2.02. The van der Waals surface area contributed by atoms with Gasteiger partial charge in [0.25, 0.3) is 0 Å². The molecule has 0 N–H and O–H groups in total. The normalized spacial score (nSPS) is 11.9. The van der Waals surface area contributed by atoms with Crippen LogP contribution in [0, 0.1) is 0 Å². The van der Waals surface area contributed by atoms with E-state index in [0.29, 0.717) is 18.7 Å². The summed E-state index contributed by atoms with van der Waals surface area (Å²) in [6, 6.07) is 6.16. The van der Waals surface area contributed by atoms with Crippen molar-refractivity contribution in [2.75, 3.05) is 7.05 Å². The molecule has 1 aromatic carbocycles. The molecule has 114 valence electrons. The van der Waals surface area contributed by atoms with Gasteiger partial charge < -0.3 is 9.30 Å². The maximum atomic E-state index is 12.4. The molecule has 0 radical (unpaired) electrons. The van der Waals surface area contributed by atoms with Gasteiger partial charge in [-0.2, -0.15) is 0 Å². The van der Waals surface area contributed by atoms with Crippen LogP contribution in [0.5, 0.6) is 5.75 Å². The van der Waals surface area contributed by atoms with Crippen LogP contribution in [-0.4, -0.2) is 27.9 Å². The quantitative estimate of drug-likeness (QED) is 0.850. The molecule has 0 saturated heterocycles. The number of benzene rings is 1. The largest absolute Gasteiger partial charge is 0.573 e. The highest BCUT2D eigenvalue weighted by Gasteiger charge is 2.32. The number of alkyl halides is 3. The molecule has 0 amide bonds. The van der Waals surface area contributed by atoms with E-state index in [0.717, 1.165) is 5.69 Å². The highest BCUT2D eigenvalue weighted by atomic mass is 19.4. The van der Waals surface area contributed by atoms with Gasteiger partial charge in [0.15, 0.2) is 0 Å². The lowest BCUT2D eigenvalue weighted by Gasteiger charge is -2.19. The molecule has 0 unspecified atom stereocenters. The number of para-hydroxylation sites is 1. The number of ether oxygens (including phenoxy) is 1. The minimum absolute atomic E-state index is 0.165. The topological polar surface area (TPSA) is 30.3 Å². The summed E-state index contributed by atoms with van der Waals surface area (Å²) in [7, 11) is 3.70. The third kappa shape index (κ3) is 4.49. The fourth-order valence-electron chi connectivity index (χ4n) is 2.02. The summed E-state index contributed by atoms with van der Waals surface area (Å²) in [5.74, 6) is -0.165. The fourth-order valence-corrected chi connectivity index (χ4v) is 2.02. The van der Waals surface area contributed by atoms with Crippen LogP contribution in [0.3, 0.4) is 0 Å². The maximum absolute atomic E-state index is 12.4. The van der Waals surface area contributed by atoms with Gasteiger partial charge in [-0.05, 0) is 13.1 Å².